The number of nitrogens with zero attached hydrogens (tertiary/aromatic N) is 1. The number of Topliss-reactive ketones (excluding diaryl/α,β-unsaturated/α-hetero) is 1. The molecule has 1 rings (SSSR count). The highest BCUT2D eigenvalue weighted by Crippen LogP contribution is 2.21. The van der Waals surface area contributed by atoms with Crippen LogP contribution in [0.1, 0.15) is 19.4 Å². The Labute approximate surface area is 106 Å². The van der Waals surface area contributed by atoms with Crippen LogP contribution in [0, 0.1) is 17.6 Å². The van der Waals surface area contributed by atoms with Crippen molar-refractivity contribution in [2.45, 2.75) is 20.8 Å². The number of aryl methyl sites for hydroxylation is 1. The Bertz CT molecular complexity index is 500. The van der Waals surface area contributed by atoms with Gasteiger partial charge in [0.1, 0.15) is 5.40 Å². The minimum atomic E-state index is -0.103. The van der Waals surface area contributed by atoms with Crippen molar-refractivity contribution in [2.75, 3.05) is 5.32 Å². The van der Waals surface area contributed by atoms with Crippen molar-refractivity contribution in [3.8, 4) is 5.40 Å². The first-order chi connectivity index (χ1) is 8.04. The summed E-state index contributed by atoms with van der Waals surface area (Å²) in [6.45, 7) is 5.25. The molecule has 0 aliphatic carbocycles. The van der Waals surface area contributed by atoms with E-state index in [1.54, 1.807) is 6.92 Å². The topological polar surface area (TPSA) is 52.9 Å². The molecule has 0 saturated heterocycles. The lowest BCUT2D eigenvalue weighted by atomic mass is 10.2. The number of ketones is 1. The fraction of sp³-hybridized carbons (Fsp3) is 0.231. The van der Waals surface area contributed by atoms with E-state index in [-0.39, 0.29) is 5.78 Å². The van der Waals surface area contributed by atoms with Gasteiger partial charge < -0.3 is 5.32 Å². The molecule has 1 aromatic rings. The Morgan fingerprint density at radius 2 is 2.12 bits per heavy atom. The summed E-state index contributed by atoms with van der Waals surface area (Å²) in [5.41, 5.74) is 2.76. The van der Waals surface area contributed by atoms with Crippen LogP contribution in [0.3, 0.4) is 0 Å². The third-order valence-corrected chi connectivity index (χ3v) is 3.05. The highest BCUT2D eigenvalue weighted by Gasteiger charge is 2.09. The Kier molecular flexibility index (Phi) is 4.80. The van der Waals surface area contributed by atoms with Crippen LogP contribution in [0.25, 0.3) is 0 Å². The lowest BCUT2D eigenvalue weighted by molar-refractivity contribution is -0.113. The van der Waals surface area contributed by atoms with Crippen molar-refractivity contribution in [1.82, 2.24) is 0 Å². The second-order valence-electron chi connectivity index (χ2n) is 3.70. The lowest BCUT2D eigenvalue weighted by Crippen LogP contribution is -2.03. The average Bonchev–Trinajstić information content (AvgIpc) is 2.25. The van der Waals surface area contributed by atoms with Crippen LogP contribution in [-0.4, -0.2) is 5.78 Å². The van der Waals surface area contributed by atoms with Crippen LogP contribution in [-0.2, 0) is 4.79 Å². The highest BCUT2D eigenvalue weighted by atomic mass is 32.2. The maximum Gasteiger partial charge on any atom is 0.168 e. The predicted octanol–water partition coefficient (Wildman–Crippen LogP) is 3.44. The summed E-state index contributed by atoms with van der Waals surface area (Å²) in [5, 5.41) is 13.7. The zero-order valence-corrected chi connectivity index (χ0v) is 10.9. The van der Waals surface area contributed by atoms with E-state index in [9.17, 15) is 4.79 Å². The van der Waals surface area contributed by atoms with Gasteiger partial charge >= 0.3 is 0 Å². The number of benzene rings is 1. The van der Waals surface area contributed by atoms with E-state index in [1.165, 1.54) is 6.92 Å². The van der Waals surface area contributed by atoms with Gasteiger partial charge in [0, 0.05) is 11.4 Å². The predicted molar refractivity (Wildman–Crippen MR) is 71.4 cm³/mol. The number of hydrogen-bond acceptors (Lipinski definition) is 4. The molecule has 0 bridgehead atoms. The number of carbonyl (C=O) groups excluding carboxylic acids is 1. The van der Waals surface area contributed by atoms with Crippen molar-refractivity contribution < 1.29 is 4.79 Å². The lowest BCUT2D eigenvalue weighted by Gasteiger charge is -2.10. The molecule has 0 heterocycles. The highest BCUT2D eigenvalue weighted by molar-refractivity contribution is 8.08. The van der Waals surface area contributed by atoms with Gasteiger partial charge in [0.05, 0.1) is 4.91 Å². The number of nitriles is 1. The average molecular weight is 246 g/mol. The van der Waals surface area contributed by atoms with Crippen molar-refractivity contribution >= 4 is 23.2 Å². The molecule has 1 N–H and O–H groups in total. The molecular formula is C13H14N2OS. The van der Waals surface area contributed by atoms with E-state index in [1.807, 2.05) is 36.6 Å². The molecule has 0 fully saturated rings. The van der Waals surface area contributed by atoms with Gasteiger partial charge in [-0.25, -0.2) is 0 Å². The van der Waals surface area contributed by atoms with Crippen molar-refractivity contribution in [1.29, 1.82) is 5.26 Å². The maximum atomic E-state index is 11.4. The van der Waals surface area contributed by atoms with E-state index < -0.39 is 0 Å². The van der Waals surface area contributed by atoms with Crippen molar-refractivity contribution in [3.63, 3.8) is 0 Å². The van der Waals surface area contributed by atoms with Gasteiger partial charge in [-0.1, -0.05) is 12.1 Å². The molecule has 3 nitrogen and oxygen atoms in total. The first-order valence-corrected chi connectivity index (χ1v) is 5.97. The third kappa shape index (κ3) is 3.97. The second kappa shape index (κ2) is 6.12. The first kappa shape index (κ1) is 13.3. The fourth-order valence-corrected chi connectivity index (χ4v) is 1.89. The van der Waals surface area contributed by atoms with Gasteiger partial charge in [-0.05, 0) is 50.2 Å². The minimum Gasteiger partial charge on any atom is -0.358 e. The van der Waals surface area contributed by atoms with E-state index in [0.29, 0.717) is 10.6 Å². The Balaban J connectivity index is 2.96. The van der Waals surface area contributed by atoms with Crippen LogP contribution in [0.5, 0.6) is 0 Å². The van der Waals surface area contributed by atoms with Crippen LogP contribution < -0.4 is 5.32 Å². The van der Waals surface area contributed by atoms with Gasteiger partial charge in [-0.3, -0.25) is 4.79 Å². The van der Waals surface area contributed by atoms with E-state index >= 15 is 0 Å². The first-order valence-electron chi connectivity index (χ1n) is 5.16. The van der Waals surface area contributed by atoms with Gasteiger partial charge in [-0.2, -0.15) is 5.26 Å². The molecule has 17 heavy (non-hydrogen) atoms. The number of anilines is 1. The summed E-state index contributed by atoms with van der Waals surface area (Å²) in [4.78, 5) is 11.8. The molecule has 0 amide bonds. The molecule has 88 valence electrons. The SMILES string of the molecule is CC(=O)/C(SC#N)=C(/C)Nc1cccc(C)c1. The van der Waals surface area contributed by atoms with Crippen molar-refractivity contribution in [3.05, 3.63) is 40.4 Å². The summed E-state index contributed by atoms with van der Waals surface area (Å²) < 4.78 is 0. The largest absolute Gasteiger partial charge is 0.358 e. The van der Waals surface area contributed by atoms with Gasteiger partial charge in [-0.15, -0.1) is 0 Å². The zero-order chi connectivity index (χ0) is 12.8. The molecule has 1 aromatic carbocycles. The number of rotatable bonds is 4. The molecule has 0 saturated carbocycles. The van der Waals surface area contributed by atoms with Gasteiger partial charge in [0.25, 0.3) is 0 Å². The second-order valence-corrected chi connectivity index (χ2v) is 4.49. The monoisotopic (exact) mass is 246 g/mol. The summed E-state index contributed by atoms with van der Waals surface area (Å²) >= 11 is 0.889. The molecular weight excluding hydrogens is 232 g/mol. The number of carbonyl (C=O) groups is 1. The normalized spacial score (nSPS) is 11.4. The Morgan fingerprint density at radius 3 is 2.65 bits per heavy atom. The smallest absolute Gasteiger partial charge is 0.168 e. The van der Waals surface area contributed by atoms with Crippen LogP contribution in [0.15, 0.2) is 34.9 Å². The molecule has 4 heteroatoms. The zero-order valence-electron chi connectivity index (χ0n) is 10.1. The molecule has 0 unspecified atom stereocenters. The molecule has 0 atom stereocenters. The maximum absolute atomic E-state index is 11.4. The molecule has 0 spiro atoms. The van der Waals surface area contributed by atoms with Crippen LogP contribution >= 0.6 is 11.8 Å². The van der Waals surface area contributed by atoms with E-state index in [4.69, 9.17) is 5.26 Å². The number of hydrogen-bond donors (Lipinski definition) is 1. The molecule has 0 aliphatic rings. The van der Waals surface area contributed by atoms with Gasteiger partial charge in [0.2, 0.25) is 0 Å². The summed E-state index contributed by atoms with van der Waals surface area (Å²) in [7, 11) is 0. The van der Waals surface area contributed by atoms with Gasteiger partial charge in [0.15, 0.2) is 5.78 Å². The summed E-state index contributed by atoms with van der Waals surface area (Å²) in [6.07, 6.45) is 0. The molecule has 0 aliphatic heterocycles. The Hall–Kier alpha value is -1.73. The standard InChI is InChI=1S/C13H14N2OS/c1-9-5-4-6-12(7-9)15-10(2)13(11(3)16)17-8-14/h4-7,15H,1-3H3/b13-10+. The number of thioether (sulfide) groups is 1. The quantitative estimate of drug-likeness (QED) is 0.653. The number of allylic oxidation sites excluding steroid dienone is 2. The summed E-state index contributed by atoms with van der Waals surface area (Å²) in [6, 6.07) is 7.85. The minimum absolute atomic E-state index is 0.103. The number of thiocyanates is 1. The Morgan fingerprint density at radius 1 is 1.41 bits per heavy atom. The van der Waals surface area contributed by atoms with E-state index in [0.717, 1.165) is 23.0 Å². The fourth-order valence-electron chi connectivity index (χ4n) is 1.45. The molecule has 0 radical (unpaired) electrons. The van der Waals surface area contributed by atoms with Crippen LogP contribution in [0.2, 0.25) is 0 Å². The summed E-state index contributed by atoms with van der Waals surface area (Å²) in [5.74, 6) is -0.103. The van der Waals surface area contributed by atoms with E-state index in [2.05, 4.69) is 5.32 Å². The van der Waals surface area contributed by atoms with Crippen LogP contribution in [0.4, 0.5) is 5.69 Å². The molecule has 0 aromatic heterocycles. The van der Waals surface area contributed by atoms with Crippen molar-refractivity contribution in [2.24, 2.45) is 0 Å². The third-order valence-electron chi connectivity index (χ3n) is 2.16. The number of nitrogens with one attached hydrogen (secondary N) is 1.